The predicted octanol–water partition coefficient (Wildman–Crippen LogP) is 2.77. The van der Waals surface area contributed by atoms with Gasteiger partial charge in [-0.1, -0.05) is 12.1 Å². The van der Waals surface area contributed by atoms with E-state index in [9.17, 15) is 4.39 Å². The topological polar surface area (TPSA) is 31.4 Å². The number of pyridine rings is 1. The third-order valence-electron chi connectivity index (χ3n) is 2.62. The van der Waals surface area contributed by atoms with Crippen LogP contribution >= 0.6 is 0 Å². The monoisotopic (exact) mass is 219 g/mol. The van der Waals surface area contributed by atoms with E-state index >= 15 is 0 Å². The minimum Gasteiger partial charge on any atom is -0.320 e. The first-order chi connectivity index (χ1) is 7.72. The molecule has 0 amide bonds. The summed E-state index contributed by atoms with van der Waals surface area (Å²) >= 11 is 0. The van der Waals surface area contributed by atoms with Crippen LogP contribution in [0.25, 0.3) is 10.8 Å². The Morgan fingerprint density at radius 3 is 2.75 bits per heavy atom. The Morgan fingerprint density at radius 2 is 2.00 bits per heavy atom. The van der Waals surface area contributed by atoms with Gasteiger partial charge in [0.25, 0.3) is 0 Å². The lowest BCUT2D eigenvalue weighted by Crippen LogP contribution is -2.31. The summed E-state index contributed by atoms with van der Waals surface area (Å²) in [5, 5.41) is 1.70. The fraction of sp³-hybridized carbons (Fsp3) is 0.250. The Morgan fingerprint density at radius 1 is 1.19 bits per heavy atom. The highest BCUT2D eigenvalue weighted by molar-refractivity contribution is 5.82. The predicted molar refractivity (Wildman–Crippen MR) is 56.1 cm³/mol. The largest absolute Gasteiger partial charge is 0.320 e. The van der Waals surface area contributed by atoms with Gasteiger partial charge in [0, 0.05) is 23.2 Å². The molecule has 4 heteroatoms. The van der Waals surface area contributed by atoms with Gasteiger partial charge in [0.1, 0.15) is 0 Å². The van der Waals surface area contributed by atoms with Crippen LogP contribution < -0.4 is 0 Å². The first-order valence-electron chi connectivity index (χ1n) is 5.08. The van der Waals surface area contributed by atoms with E-state index in [0.29, 0.717) is 0 Å². The van der Waals surface area contributed by atoms with E-state index in [0.717, 1.165) is 16.3 Å². The van der Waals surface area contributed by atoms with Gasteiger partial charge < -0.3 is 9.47 Å². The average molecular weight is 219 g/mol. The lowest BCUT2D eigenvalue weighted by molar-refractivity contribution is -0.382. The van der Waals surface area contributed by atoms with E-state index in [4.69, 9.17) is 9.47 Å². The number of benzene rings is 1. The number of aromatic nitrogens is 1. The highest BCUT2D eigenvalue weighted by atomic mass is 19.1. The Bertz CT molecular complexity index is 538. The van der Waals surface area contributed by atoms with Crippen LogP contribution in [0.1, 0.15) is 18.8 Å². The van der Waals surface area contributed by atoms with Gasteiger partial charge in [-0.15, -0.1) is 0 Å². The average Bonchev–Trinajstić information content (AvgIpc) is 2.24. The zero-order chi connectivity index (χ0) is 11.1. The van der Waals surface area contributed by atoms with Gasteiger partial charge >= 0.3 is 0 Å². The number of halogens is 1. The molecule has 0 bridgehead atoms. The van der Waals surface area contributed by atoms with Crippen molar-refractivity contribution < 1.29 is 13.9 Å². The molecule has 0 unspecified atom stereocenters. The van der Waals surface area contributed by atoms with E-state index in [1.54, 1.807) is 0 Å². The van der Waals surface area contributed by atoms with Crippen molar-refractivity contribution in [1.29, 1.82) is 0 Å². The first kappa shape index (κ1) is 9.69. The van der Waals surface area contributed by atoms with Crippen LogP contribution in [0.4, 0.5) is 4.39 Å². The van der Waals surface area contributed by atoms with Crippen molar-refractivity contribution >= 4 is 10.8 Å². The minimum atomic E-state index is -0.478. The summed E-state index contributed by atoms with van der Waals surface area (Å²) in [7, 11) is 0. The highest BCUT2D eigenvalue weighted by Gasteiger charge is 2.28. The van der Waals surface area contributed by atoms with Gasteiger partial charge in [-0.3, -0.25) is 0 Å². The van der Waals surface area contributed by atoms with E-state index in [1.165, 1.54) is 12.3 Å². The highest BCUT2D eigenvalue weighted by Crippen LogP contribution is 2.32. The number of fused-ring (bicyclic) bond motifs is 1. The molecule has 1 aromatic heterocycles. The van der Waals surface area contributed by atoms with E-state index in [2.05, 4.69) is 4.98 Å². The lowest BCUT2D eigenvalue weighted by Gasteiger charge is -2.33. The molecule has 1 aliphatic rings. The van der Waals surface area contributed by atoms with Gasteiger partial charge in [-0.25, -0.2) is 4.98 Å². The van der Waals surface area contributed by atoms with E-state index in [1.807, 2.05) is 25.1 Å². The Balaban J connectivity index is 2.01. The van der Waals surface area contributed by atoms with E-state index < -0.39 is 5.95 Å². The zero-order valence-corrected chi connectivity index (χ0v) is 8.68. The van der Waals surface area contributed by atoms with Crippen LogP contribution in [0, 0.1) is 5.95 Å². The summed E-state index contributed by atoms with van der Waals surface area (Å²) in [5.74, 6) is -0.478. The van der Waals surface area contributed by atoms with Gasteiger partial charge in [-0.2, -0.15) is 4.39 Å². The second-order valence-corrected chi connectivity index (χ2v) is 3.79. The third-order valence-corrected chi connectivity index (χ3v) is 2.62. The third kappa shape index (κ3) is 1.56. The number of hydrogen-bond donors (Lipinski definition) is 0. The molecule has 1 fully saturated rings. The number of rotatable bonds is 1. The smallest absolute Gasteiger partial charge is 0.213 e. The molecule has 0 radical (unpaired) electrons. The van der Waals surface area contributed by atoms with Gasteiger partial charge in [0.2, 0.25) is 5.95 Å². The maximum atomic E-state index is 13.0. The summed E-state index contributed by atoms with van der Waals surface area (Å²) in [6, 6.07) is 7.04. The van der Waals surface area contributed by atoms with Crippen molar-refractivity contribution in [2.24, 2.45) is 0 Å². The van der Waals surface area contributed by atoms with Crippen LogP contribution in [-0.2, 0) is 9.47 Å². The van der Waals surface area contributed by atoms with Gasteiger partial charge in [0.05, 0.1) is 0 Å². The van der Waals surface area contributed by atoms with Crippen molar-refractivity contribution in [3.8, 4) is 0 Å². The lowest BCUT2D eigenvalue weighted by atomic mass is 10.1. The number of ether oxygens (including phenoxy) is 2. The normalized spacial score (nSPS) is 24.4. The molecular weight excluding hydrogens is 209 g/mol. The standard InChI is InChI=1S/C12H10FNO2/c1-7-15-12(16-7)8-2-3-9-6-14-11(13)5-10(9)4-8/h2-7,12H,1H3. The van der Waals surface area contributed by atoms with Crippen LogP contribution in [0.3, 0.4) is 0 Å². The summed E-state index contributed by atoms with van der Waals surface area (Å²) in [6.07, 6.45) is 1.03. The fourth-order valence-corrected chi connectivity index (χ4v) is 1.79. The molecule has 0 aliphatic carbocycles. The van der Waals surface area contributed by atoms with Crippen molar-refractivity contribution in [3.05, 3.63) is 42.0 Å². The summed E-state index contributed by atoms with van der Waals surface area (Å²) in [5.41, 5.74) is 0.899. The molecule has 2 heterocycles. The Labute approximate surface area is 91.8 Å². The maximum Gasteiger partial charge on any atom is 0.213 e. The van der Waals surface area contributed by atoms with Crippen molar-refractivity contribution in [1.82, 2.24) is 4.98 Å². The fourth-order valence-electron chi connectivity index (χ4n) is 1.79. The quantitative estimate of drug-likeness (QED) is 0.691. The SMILES string of the molecule is CC1OC(c2ccc3cnc(F)cc3c2)O1. The molecule has 0 N–H and O–H groups in total. The molecule has 16 heavy (non-hydrogen) atoms. The second-order valence-electron chi connectivity index (χ2n) is 3.79. The van der Waals surface area contributed by atoms with Crippen molar-refractivity contribution in [2.75, 3.05) is 0 Å². The molecule has 1 aromatic carbocycles. The summed E-state index contributed by atoms with van der Waals surface area (Å²) < 4.78 is 23.7. The van der Waals surface area contributed by atoms with Gasteiger partial charge in [0.15, 0.2) is 12.6 Å². The molecule has 2 aromatic rings. The Kier molecular flexibility index (Phi) is 2.12. The van der Waals surface area contributed by atoms with Crippen molar-refractivity contribution in [2.45, 2.75) is 19.5 Å². The molecule has 1 saturated heterocycles. The number of hydrogen-bond acceptors (Lipinski definition) is 3. The molecule has 0 spiro atoms. The molecule has 1 aliphatic heterocycles. The summed E-state index contributed by atoms with van der Waals surface area (Å²) in [6.45, 7) is 1.83. The van der Waals surface area contributed by atoms with Crippen LogP contribution in [0.15, 0.2) is 30.5 Å². The van der Waals surface area contributed by atoms with Crippen LogP contribution in [0.2, 0.25) is 0 Å². The first-order valence-corrected chi connectivity index (χ1v) is 5.08. The molecule has 3 rings (SSSR count). The number of nitrogens with zero attached hydrogens (tertiary/aromatic N) is 1. The minimum absolute atomic E-state index is 0.158. The maximum absolute atomic E-state index is 13.0. The molecule has 82 valence electrons. The second kappa shape index (κ2) is 3.50. The van der Waals surface area contributed by atoms with E-state index in [-0.39, 0.29) is 12.6 Å². The Hall–Kier alpha value is -1.52. The summed E-state index contributed by atoms with van der Waals surface area (Å²) in [4.78, 5) is 3.60. The van der Waals surface area contributed by atoms with Crippen molar-refractivity contribution in [3.63, 3.8) is 0 Å². The molecule has 0 saturated carbocycles. The molecule has 3 nitrogen and oxygen atoms in total. The van der Waals surface area contributed by atoms with Crippen LogP contribution in [-0.4, -0.2) is 11.3 Å². The van der Waals surface area contributed by atoms with Gasteiger partial charge in [-0.05, 0) is 18.4 Å². The van der Waals surface area contributed by atoms with Crippen LogP contribution in [0.5, 0.6) is 0 Å². The zero-order valence-electron chi connectivity index (χ0n) is 8.68. The molecular formula is C12H10FNO2. The molecule has 0 atom stereocenters.